The van der Waals surface area contributed by atoms with E-state index in [1.54, 1.807) is 0 Å². The minimum Gasteiger partial charge on any atom is -0.769 e. The van der Waals surface area contributed by atoms with Gasteiger partial charge in [0.05, 0.1) is 5.69 Å². The third-order valence-electron chi connectivity index (χ3n) is 3.30. The van der Waals surface area contributed by atoms with Gasteiger partial charge in [-0.25, -0.2) is 0 Å². The van der Waals surface area contributed by atoms with Crippen LogP contribution in [0.2, 0.25) is 0 Å². The van der Waals surface area contributed by atoms with Gasteiger partial charge in [-0.15, -0.1) is 5.23 Å². The summed E-state index contributed by atoms with van der Waals surface area (Å²) in [4.78, 5) is 11.6. The molecule has 0 fully saturated rings. The number of halogens is 11. The molecule has 3 N–H and O–H groups in total. The van der Waals surface area contributed by atoms with Crippen molar-refractivity contribution in [3.8, 4) is 0 Å². The Kier molecular flexibility index (Phi) is 7.14. The normalized spacial score (nSPS) is 15.2. The molecule has 0 unspecified atom stereocenters. The van der Waals surface area contributed by atoms with E-state index in [0.717, 1.165) is 0 Å². The predicted octanol–water partition coefficient (Wildman–Crippen LogP) is 4.05. The van der Waals surface area contributed by atoms with E-state index in [1.807, 2.05) is 4.74 Å². The van der Waals surface area contributed by atoms with Crippen LogP contribution in [0, 0.1) is 10.4 Å². The number of amides is 1. The molecule has 9 nitrogen and oxygen atoms in total. The molecule has 1 aromatic rings. The van der Waals surface area contributed by atoms with Crippen molar-refractivity contribution < 1.29 is 68.2 Å². The highest BCUT2D eigenvalue weighted by atomic mass is 19.4. The van der Waals surface area contributed by atoms with E-state index in [-0.39, 0.29) is 12.1 Å². The van der Waals surface area contributed by atoms with Crippen molar-refractivity contribution in [1.82, 2.24) is 0 Å². The van der Waals surface area contributed by atoms with Crippen LogP contribution in [-0.2, 0) is 9.53 Å². The van der Waals surface area contributed by atoms with Crippen LogP contribution in [0.15, 0.2) is 18.2 Å². The number of carbonyl (C=O) groups excluding carboxylic acids is 1. The molecule has 1 rings (SSSR count). The van der Waals surface area contributed by atoms with E-state index >= 15 is 0 Å². The summed E-state index contributed by atoms with van der Waals surface area (Å²) in [6.45, 7) is 0. The van der Waals surface area contributed by atoms with Crippen molar-refractivity contribution in [3.05, 3.63) is 28.6 Å². The smallest absolute Gasteiger partial charge is 0.462 e. The summed E-state index contributed by atoms with van der Waals surface area (Å²) in [6, 6.07) is 0.684. The van der Waals surface area contributed by atoms with E-state index in [9.17, 15) is 63.5 Å². The highest BCUT2D eigenvalue weighted by molar-refractivity contribution is 5.99. The Hall–Kier alpha value is -2.68. The van der Waals surface area contributed by atoms with Gasteiger partial charge in [-0.2, -0.15) is 48.3 Å². The number of anilines is 3. The fraction of sp³-hybridized carbons (Fsp3) is 0.417. The zero-order valence-corrected chi connectivity index (χ0v) is 14.3. The van der Waals surface area contributed by atoms with Gasteiger partial charge in [0.15, 0.2) is 0 Å². The van der Waals surface area contributed by atoms with Gasteiger partial charge in [0.2, 0.25) is 0 Å². The quantitative estimate of drug-likeness (QED) is 0.380. The maximum Gasteiger partial charge on any atom is 0.462 e. The van der Waals surface area contributed by atoms with Gasteiger partial charge in [0.25, 0.3) is 5.91 Å². The van der Waals surface area contributed by atoms with Crippen LogP contribution in [0.4, 0.5) is 65.4 Å². The third-order valence-corrected chi connectivity index (χ3v) is 3.30. The first-order valence-corrected chi connectivity index (χ1v) is 7.14. The Morgan fingerprint density at radius 3 is 1.78 bits per heavy atom. The molecule has 0 radical (unpaired) electrons. The van der Waals surface area contributed by atoms with Crippen molar-refractivity contribution in [1.29, 1.82) is 0 Å². The zero-order valence-electron chi connectivity index (χ0n) is 14.3. The van der Waals surface area contributed by atoms with Crippen LogP contribution in [0.1, 0.15) is 0 Å². The van der Waals surface area contributed by atoms with E-state index in [2.05, 4.69) is 0 Å². The molecule has 0 aliphatic heterocycles. The van der Waals surface area contributed by atoms with Gasteiger partial charge >= 0.3 is 30.2 Å². The molecule has 0 bridgehead atoms. The van der Waals surface area contributed by atoms with Crippen LogP contribution in [-0.4, -0.2) is 46.6 Å². The first-order valence-electron chi connectivity index (χ1n) is 7.14. The Balaban J connectivity index is 3.46. The number of benzene rings is 1. The summed E-state index contributed by atoms with van der Waals surface area (Å²) >= 11 is 0. The number of nitrogens with zero attached hydrogens (tertiary/aromatic N) is 2. The lowest BCUT2D eigenvalue weighted by Crippen LogP contribution is -2.62. The van der Waals surface area contributed by atoms with Crippen LogP contribution in [0.5, 0.6) is 0 Å². The molecule has 0 aliphatic rings. The standard InChI is InChI=1S/C12H6F11N3O6/c13-8(10(16,17)18,32-12(22,23)9(14,15)11(19,20)21)7(27)24-5-2-1-4(25(28)29)3-6(5)26(30)31/h1-3,30-31H,(H,24,27)/q-2/t8-/m1/s1. The Labute approximate surface area is 167 Å². The van der Waals surface area contributed by atoms with Crippen molar-refractivity contribution in [2.24, 2.45) is 0 Å². The number of rotatable bonds is 7. The van der Waals surface area contributed by atoms with Gasteiger partial charge in [0, 0.05) is 5.69 Å². The monoisotopic (exact) mass is 497 g/mol. The van der Waals surface area contributed by atoms with Gasteiger partial charge < -0.3 is 21.0 Å². The predicted molar refractivity (Wildman–Crippen MR) is 77.3 cm³/mol. The summed E-state index contributed by atoms with van der Waals surface area (Å²) in [7, 11) is 0. The zero-order chi connectivity index (χ0) is 25.5. The molecule has 0 saturated heterocycles. The number of hydrogen-bond donors (Lipinski definition) is 3. The first kappa shape index (κ1) is 27.4. The molecular formula is C12H6F11N3O6-2. The van der Waals surface area contributed by atoms with Crippen molar-refractivity contribution >= 4 is 23.0 Å². The number of alkyl halides is 11. The summed E-state index contributed by atoms with van der Waals surface area (Å²) < 4.78 is 143. The second-order valence-electron chi connectivity index (χ2n) is 5.49. The fourth-order valence-electron chi connectivity index (χ4n) is 1.75. The molecule has 1 amide bonds. The Bertz CT molecular complexity index is 845. The Morgan fingerprint density at radius 2 is 1.41 bits per heavy atom. The molecule has 1 aromatic carbocycles. The lowest BCUT2D eigenvalue weighted by atomic mass is 10.2. The van der Waals surface area contributed by atoms with Crippen LogP contribution < -0.4 is 15.8 Å². The number of carbonyl (C=O) groups is 1. The summed E-state index contributed by atoms with van der Waals surface area (Å²) in [5, 5.41) is 37.4. The largest absolute Gasteiger partial charge is 0.769 e. The summed E-state index contributed by atoms with van der Waals surface area (Å²) in [5.41, 5.74) is -3.79. The highest BCUT2D eigenvalue weighted by Gasteiger charge is 2.79. The maximum absolute atomic E-state index is 14.1. The number of hydrogen-bond acceptors (Lipinski definition) is 8. The van der Waals surface area contributed by atoms with E-state index < -0.39 is 63.7 Å². The maximum atomic E-state index is 14.1. The minimum atomic E-state index is -7.41. The SMILES string of the molecule is O=C(Nc1ccc(N([O-])[O-])cc1N(O)O)[C@@](F)(OC(F)(F)C(F)(F)C(F)(F)F)C(F)(F)F. The number of ether oxygens (including phenoxy) is 1. The van der Waals surface area contributed by atoms with Gasteiger partial charge in [-0.3, -0.25) is 19.9 Å². The first-order chi connectivity index (χ1) is 14.1. The van der Waals surface area contributed by atoms with E-state index in [4.69, 9.17) is 10.4 Å². The molecule has 184 valence electrons. The number of nitrogens with one attached hydrogen (secondary N) is 1. The second kappa shape index (κ2) is 8.35. The summed E-state index contributed by atoms with van der Waals surface area (Å²) in [5.74, 6) is -17.5. The highest BCUT2D eigenvalue weighted by Crippen LogP contribution is 2.51. The molecule has 32 heavy (non-hydrogen) atoms. The van der Waals surface area contributed by atoms with Gasteiger partial charge in [0.1, 0.15) is 5.69 Å². The van der Waals surface area contributed by atoms with Crippen LogP contribution in [0.25, 0.3) is 0 Å². The van der Waals surface area contributed by atoms with Crippen molar-refractivity contribution in [2.45, 2.75) is 30.2 Å². The van der Waals surface area contributed by atoms with Gasteiger partial charge in [-0.1, -0.05) is 0 Å². The third kappa shape index (κ3) is 5.03. The average Bonchev–Trinajstić information content (AvgIpc) is 2.58. The minimum absolute atomic E-state index is 0.135. The molecule has 0 aromatic heterocycles. The van der Waals surface area contributed by atoms with Crippen molar-refractivity contribution in [3.63, 3.8) is 0 Å². The molecule has 0 saturated carbocycles. The van der Waals surface area contributed by atoms with Crippen molar-refractivity contribution in [2.75, 3.05) is 15.8 Å². The molecule has 0 aliphatic carbocycles. The molecule has 0 heterocycles. The lowest BCUT2D eigenvalue weighted by Gasteiger charge is -2.38. The van der Waals surface area contributed by atoms with Gasteiger partial charge in [-0.05, 0) is 18.2 Å². The molecule has 1 atom stereocenters. The lowest BCUT2D eigenvalue weighted by molar-refractivity contribution is -0.472. The molecule has 0 spiro atoms. The average molecular weight is 497 g/mol. The van der Waals surface area contributed by atoms with E-state index in [0.29, 0.717) is 11.4 Å². The van der Waals surface area contributed by atoms with Crippen LogP contribution >= 0.6 is 0 Å². The molecular weight excluding hydrogens is 491 g/mol. The Morgan fingerprint density at radius 1 is 0.906 bits per heavy atom. The summed E-state index contributed by atoms with van der Waals surface area (Å²) in [6.07, 6.45) is -21.5. The molecule has 20 heteroatoms. The topological polar surface area (TPSA) is 131 Å². The van der Waals surface area contributed by atoms with E-state index in [1.165, 1.54) is 0 Å². The fourth-order valence-corrected chi connectivity index (χ4v) is 1.75. The second-order valence-corrected chi connectivity index (χ2v) is 5.49. The van der Waals surface area contributed by atoms with Crippen LogP contribution in [0.3, 0.4) is 0 Å².